The van der Waals surface area contributed by atoms with Gasteiger partial charge in [0.1, 0.15) is 0 Å². The SMILES string of the molecule is CC[Si](CC)(CC)[O][Hf]([O][Si](CC)(CC)CC)([O][Si](CC)(CC)CC)[O][Si](CC)(CC)CC. The van der Waals surface area contributed by atoms with E-state index in [-0.39, 0.29) is 0 Å². The van der Waals surface area contributed by atoms with Crippen LogP contribution in [-0.2, 0) is 31.9 Å². The average molecular weight is 704 g/mol. The van der Waals surface area contributed by atoms with E-state index in [1.807, 2.05) is 0 Å². The monoisotopic (exact) mass is 704 g/mol. The molecule has 0 aliphatic carbocycles. The van der Waals surface area contributed by atoms with Crippen LogP contribution in [0, 0.1) is 0 Å². The van der Waals surface area contributed by atoms with Crippen molar-refractivity contribution in [2.45, 2.75) is 156 Å². The molecule has 0 aliphatic rings. The van der Waals surface area contributed by atoms with Gasteiger partial charge in [0, 0.05) is 0 Å². The van der Waals surface area contributed by atoms with E-state index in [1.54, 1.807) is 0 Å². The normalized spacial score (nSPS) is 14.2. The molecule has 0 amide bonds. The molecule has 0 heterocycles. The summed E-state index contributed by atoms with van der Waals surface area (Å²) < 4.78 is 30.2. The van der Waals surface area contributed by atoms with E-state index in [9.17, 15) is 0 Å². The summed E-state index contributed by atoms with van der Waals surface area (Å²) in [5.74, 6) is 0. The Labute approximate surface area is 219 Å². The summed E-state index contributed by atoms with van der Waals surface area (Å²) in [6, 6.07) is 13.4. The Hall–Kier alpha value is 1.58. The second-order valence-corrected chi connectivity index (χ2v) is 41.0. The van der Waals surface area contributed by atoms with E-state index in [1.165, 1.54) is 0 Å². The first-order valence-electron chi connectivity index (χ1n) is 14.4. The average Bonchev–Trinajstić information content (AvgIpc) is 2.88. The molecule has 9 heteroatoms. The van der Waals surface area contributed by atoms with Crippen LogP contribution in [0.3, 0.4) is 0 Å². The van der Waals surface area contributed by atoms with Gasteiger partial charge in [0.15, 0.2) is 0 Å². The van der Waals surface area contributed by atoms with Crippen molar-refractivity contribution in [1.82, 2.24) is 0 Å². The van der Waals surface area contributed by atoms with Crippen molar-refractivity contribution in [1.29, 1.82) is 0 Å². The summed E-state index contributed by atoms with van der Waals surface area (Å²) in [4.78, 5) is 0. The fourth-order valence-corrected chi connectivity index (χ4v) is 65.5. The summed E-state index contributed by atoms with van der Waals surface area (Å²) >= 11 is -4.57. The molecule has 0 bridgehead atoms. The fraction of sp³-hybridized carbons (Fsp3) is 1.00. The Bertz CT molecular complexity index is 396. The standard InChI is InChI=1S/4C6H15OSi.Hf/c4*1-4-8(7,5-2)6-3;/h4*4-6H2,1-3H3;/q4*-1;+4. The van der Waals surface area contributed by atoms with Gasteiger partial charge in [-0.1, -0.05) is 0 Å². The molecule has 0 unspecified atom stereocenters. The van der Waals surface area contributed by atoms with Crippen molar-refractivity contribution in [3.63, 3.8) is 0 Å². The van der Waals surface area contributed by atoms with Crippen molar-refractivity contribution >= 4 is 33.3 Å². The number of hydrogen-bond donors (Lipinski definition) is 0. The van der Waals surface area contributed by atoms with Crippen molar-refractivity contribution in [3.8, 4) is 0 Å². The third-order valence-corrected chi connectivity index (χ3v) is 56.7. The maximum absolute atomic E-state index is 7.56. The molecule has 0 aromatic heterocycles. The Balaban J connectivity index is 7.10. The van der Waals surface area contributed by atoms with Gasteiger partial charge in [-0.2, -0.15) is 0 Å². The van der Waals surface area contributed by atoms with Gasteiger partial charge in [0.25, 0.3) is 0 Å². The molecule has 0 aliphatic heterocycles. The van der Waals surface area contributed by atoms with Crippen molar-refractivity contribution in [2.75, 3.05) is 0 Å². The minimum absolute atomic E-state index is 1.12. The first-order chi connectivity index (χ1) is 15.6. The van der Waals surface area contributed by atoms with Crippen LogP contribution >= 0.6 is 0 Å². The summed E-state index contributed by atoms with van der Waals surface area (Å²) in [6.45, 7) is 28.0. The van der Waals surface area contributed by atoms with Crippen LogP contribution in [-0.4, -0.2) is 33.3 Å². The summed E-state index contributed by atoms with van der Waals surface area (Å²) in [5, 5.41) is 0. The molecule has 0 spiro atoms. The van der Waals surface area contributed by atoms with Crippen LogP contribution in [0.15, 0.2) is 0 Å². The zero-order valence-corrected chi connectivity index (χ0v) is 32.2. The van der Waals surface area contributed by atoms with Crippen LogP contribution in [0.1, 0.15) is 83.1 Å². The molecular formula is C24H60HfO4Si4. The van der Waals surface area contributed by atoms with Gasteiger partial charge in [-0.25, -0.2) is 0 Å². The molecule has 33 heavy (non-hydrogen) atoms. The Morgan fingerprint density at radius 1 is 0.303 bits per heavy atom. The second kappa shape index (κ2) is 15.7. The van der Waals surface area contributed by atoms with Gasteiger partial charge in [0.2, 0.25) is 0 Å². The van der Waals surface area contributed by atoms with Gasteiger partial charge in [-0.15, -0.1) is 0 Å². The zero-order chi connectivity index (χ0) is 25.8. The van der Waals surface area contributed by atoms with Gasteiger partial charge in [0.05, 0.1) is 0 Å². The molecule has 0 rings (SSSR count). The van der Waals surface area contributed by atoms with Crippen LogP contribution in [0.25, 0.3) is 0 Å². The summed E-state index contributed by atoms with van der Waals surface area (Å²) in [6.07, 6.45) is 0. The predicted octanol–water partition coefficient (Wildman–Crippen LogP) is 9.89. The second-order valence-electron chi connectivity index (χ2n) is 9.88. The molecule has 0 aromatic rings. The zero-order valence-electron chi connectivity index (χ0n) is 24.6. The van der Waals surface area contributed by atoms with Gasteiger partial charge < -0.3 is 0 Å². The summed E-state index contributed by atoms with van der Waals surface area (Å²) in [7, 11) is -7.91. The van der Waals surface area contributed by atoms with E-state index >= 15 is 0 Å². The van der Waals surface area contributed by atoms with Crippen LogP contribution in [0.2, 0.25) is 72.5 Å². The minimum atomic E-state index is -4.57. The quantitative estimate of drug-likeness (QED) is 0.118. The predicted molar refractivity (Wildman–Crippen MR) is 153 cm³/mol. The molecular weight excluding hydrogens is 643 g/mol. The van der Waals surface area contributed by atoms with E-state index in [0.29, 0.717) is 0 Å². The molecule has 0 saturated carbocycles. The molecule has 0 atom stereocenters. The maximum atomic E-state index is 7.56. The van der Waals surface area contributed by atoms with Crippen molar-refractivity contribution in [3.05, 3.63) is 0 Å². The molecule has 0 saturated heterocycles. The molecule has 0 fully saturated rings. The molecule has 0 aromatic carbocycles. The van der Waals surface area contributed by atoms with Crippen molar-refractivity contribution in [2.24, 2.45) is 0 Å². The third kappa shape index (κ3) is 8.83. The van der Waals surface area contributed by atoms with Crippen molar-refractivity contribution < 1.29 is 31.9 Å². The first kappa shape index (κ1) is 34.6. The molecule has 0 radical (unpaired) electrons. The van der Waals surface area contributed by atoms with E-state index in [4.69, 9.17) is 10.2 Å². The Morgan fingerprint density at radius 2 is 0.424 bits per heavy atom. The van der Waals surface area contributed by atoms with E-state index in [0.717, 1.165) is 72.5 Å². The van der Waals surface area contributed by atoms with Crippen LogP contribution in [0.4, 0.5) is 0 Å². The molecule has 4 nitrogen and oxygen atoms in total. The fourth-order valence-electron chi connectivity index (χ4n) is 5.05. The topological polar surface area (TPSA) is 36.9 Å². The summed E-state index contributed by atoms with van der Waals surface area (Å²) in [5.41, 5.74) is 0. The van der Waals surface area contributed by atoms with Gasteiger partial charge >= 0.3 is 221 Å². The van der Waals surface area contributed by atoms with Gasteiger partial charge in [-0.05, 0) is 0 Å². The molecule has 0 N–H and O–H groups in total. The Kier molecular flexibility index (Phi) is 16.5. The number of hydrogen-bond acceptors (Lipinski definition) is 4. The van der Waals surface area contributed by atoms with Gasteiger partial charge in [-0.3, -0.25) is 0 Å². The Morgan fingerprint density at radius 3 is 0.515 bits per heavy atom. The first-order valence-corrected chi connectivity index (χ1v) is 30.3. The van der Waals surface area contributed by atoms with E-state index < -0.39 is 55.0 Å². The molecule has 200 valence electrons. The van der Waals surface area contributed by atoms with Crippen LogP contribution in [0.5, 0.6) is 0 Å². The van der Waals surface area contributed by atoms with E-state index in [2.05, 4.69) is 83.1 Å². The van der Waals surface area contributed by atoms with Crippen LogP contribution < -0.4 is 0 Å². The third-order valence-electron chi connectivity index (χ3n) is 9.10. The number of rotatable bonds is 20.